The first-order valence-electron chi connectivity index (χ1n) is 8.33. The van der Waals surface area contributed by atoms with Crippen molar-refractivity contribution < 1.29 is 18.0 Å². The fourth-order valence-corrected chi connectivity index (χ4v) is 3.71. The average molecular weight is 342 g/mol. The fourth-order valence-electron chi connectivity index (χ4n) is 3.71. The van der Waals surface area contributed by atoms with Gasteiger partial charge in [-0.15, -0.1) is 5.10 Å². The minimum atomic E-state index is -4.49. The van der Waals surface area contributed by atoms with E-state index in [0.717, 1.165) is 13.0 Å². The quantitative estimate of drug-likeness (QED) is 0.918. The molecule has 1 saturated heterocycles. The van der Waals surface area contributed by atoms with Crippen molar-refractivity contribution in [1.29, 1.82) is 0 Å². The summed E-state index contributed by atoms with van der Waals surface area (Å²) in [6, 6.07) is 3.28. The standard InChI is InChI=1S/C16H21F3N4O/c17-16(18,19)15(7-1-2-8-15)14(24)21-12-5-4-10-23(11-12)13-6-3-9-20-22-13/h3,6,9,12H,1-2,4-5,7-8,10-11H2,(H,21,24). The molecule has 132 valence electrons. The van der Waals surface area contributed by atoms with Crippen LogP contribution in [0.4, 0.5) is 19.0 Å². The summed E-state index contributed by atoms with van der Waals surface area (Å²) in [6.07, 6.45) is -0.776. The summed E-state index contributed by atoms with van der Waals surface area (Å²) in [4.78, 5) is 14.4. The highest BCUT2D eigenvalue weighted by Gasteiger charge is 2.61. The molecule has 0 bridgehead atoms. The number of carbonyl (C=O) groups excluding carboxylic acids is 1. The van der Waals surface area contributed by atoms with Crippen molar-refractivity contribution in [2.75, 3.05) is 18.0 Å². The molecule has 1 aliphatic heterocycles. The van der Waals surface area contributed by atoms with Gasteiger partial charge in [-0.3, -0.25) is 4.79 Å². The number of hydrogen-bond donors (Lipinski definition) is 1. The van der Waals surface area contributed by atoms with Crippen LogP contribution in [-0.4, -0.2) is 41.4 Å². The Bertz CT molecular complexity index is 572. The first kappa shape index (κ1) is 17.0. The molecule has 8 heteroatoms. The number of halogens is 3. The van der Waals surface area contributed by atoms with Crippen LogP contribution in [0.15, 0.2) is 18.3 Å². The summed E-state index contributed by atoms with van der Waals surface area (Å²) < 4.78 is 40.4. The number of anilines is 1. The summed E-state index contributed by atoms with van der Waals surface area (Å²) in [5.74, 6) is -0.179. The molecule has 2 heterocycles. The zero-order valence-corrected chi connectivity index (χ0v) is 13.4. The van der Waals surface area contributed by atoms with Gasteiger partial charge in [0, 0.05) is 25.3 Å². The van der Waals surface area contributed by atoms with Crippen LogP contribution in [0.25, 0.3) is 0 Å². The number of alkyl halides is 3. The van der Waals surface area contributed by atoms with Crippen molar-refractivity contribution >= 4 is 11.7 Å². The molecule has 2 fully saturated rings. The maximum atomic E-state index is 13.5. The molecule has 1 saturated carbocycles. The van der Waals surface area contributed by atoms with Gasteiger partial charge in [0.15, 0.2) is 5.82 Å². The Kier molecular flexibility index (Phi) is 4.64. The molecule has 1 aromatic heterocycles. The Labute approximate surface area is 138 Å². The van der Waals surface area contributed by atoms with E-state index in [1.165, 1.54) is 0 Å². The van der Waals surface area contributed by atoms with Crippen molar-refractivity contribution in [2.45, 2.75) is 50.7 Å². The first-order chi connectivity index (χ1) is 11.4. The normalized spacial score (nSPS) is 24.0. The van der Waals surface area contributed by atoms with Gasteiger partial charge in [-0.2, -0.15) is 18.3 Å². The highest BCUT2D eigenvalue weighted by Crippen LogP contribution is 2.50. The monoisotopic (exact) mass is 342 g/mol. The Morgan fingerprint density at radius 2 is 2.04 bits per heavy atom. The van der Waals surface area contributed by atoms with Gasteiger partial charge in [0.05, 0.1) is 0 Å². The topological polar surface area (TPSA) is 58.1 Å². The van der Waals surface area contributed by atoms with Gasteiger partial charge in [0.2, 0.25) is 5.91 Å². The smallest absolute Gasteiger partial charge is 0.353 e. The van der Waals surface area contributed by atoms with Crippen molar-refractivity contribution in [1.82, 2.24) is 15.5 Å². The number of rotatable bonds is 3. The molecule has 0 spiro atoms. The van der Waals surface area contributed by atoms with E-state index in [1.54, 1.807) is 12.3 Å². The molecular formula is C16H21F3N4O. The fraction of sp³-hybridized carbons (Fsp3) is 0.688. The van der Waals surface area contributed by atoms with Crippen LogP contribution in [0.5, 0.6) is 0 Å². The highest BCUT2D eigenvalue weighted by molar-refractivity contribution is 5.84. The third-order valence-corrected chi connectivity index (χ3v) is 5.07. The lowest BCUT2D eigenvalue weighted by Gasteiger charge is -2.36. The number of piperidine rings is 1. The predicted octanol–water partition coefficient (Wildman–Crippen LogP) is 2.68. The van der Waals surface area contributed by atoms with Gasteiger partial charge in [-0.25, -0.2) is 0 Å². The molecule has 1 aromatic rings. The number of amides is 1. The second-order valence-electron chi connectivity index (χ2n) is 6.63. The summed E-state index contributed by atoms with van der Waals surface area (Å²) in [6.45, 7) is 1.22. The lowest BCUT2D eigenvalue weighted by molar-refractivity contribution is -0.220. The van der Waals surface area contributed by atoms with Crippen molar-refractivity contribution in [3.05, 3.63) is 18.3 Å². The van der Waals surface area contributed by atoms with Gasteiger partial charge in [0.1, 0.15) is 5.41 Å². The van der Waals surface area contributed by atoms with E-state index >= 15 is 0 Å². The number of nitrogens with one attached hydrogen (secondary N) is 1. The lowest BCUT2D eigenvalue weighted by atomic mass is 9.83. The van der Waals surface area contributed by atoms with Crippen LogP contribution < -0.4 is 10.2 Å². The largest absolute Gasteiger partial charge is 0.403 e. The summed E-state index contributed by atoms with van der Waals surface area (Å²) in [5, 5.41) is 10.5. The zero-order valence-electron chi connectivity index (χ0n) is 13.4. The molecule has 3 rings (SSSR count). The van der Waals surface area contributed by atoms with Gasteiger partial charge < -0.3 is 10.2 Å². The van der Waals surface area contributed by atoms with Crippen molar-refractivity contribution in [3.8, 4) is 0 Å². The average Bonchev–Trinajstić information content (AvgIpc) is 3.07. The van der Waals surface area contributed by atoms with Crippen LogP contribution in [0.3, 0.4) is 0 Å². The molecule has 1 unspecified atom stereocenters. The summed E-state index contributed by atoms with van der Waals surface area (Å²) >= 11 is 0. The maximum absolute atomic E-state index is 13.5. The van der Waals surface area contributed by atoms with Gasteiger partial charge in [-0.1, -0.05) is 12.8 Å². The summed E-state index contributed by atoms with van der Waals surface area (Å²) in [5.41, 5.74) is -2.21. The first-order valence-corrected chi connectivity index (χ1v) is 8.33. The van der Waals surface area contributed by atoms with E-state index in [0.29, 0.717) is 31.6 Å². The van der Waals surface area contributed by atoms with E-state index in [4.69, 9.17) is 0 Å². The van der Waals surface area contributed by atoms with Crippen molar-refractivity contribution in [2.24, 2.45) is 5.41 Å². The lowest BCUT2D eigenvalue weighted by Crippen LogP contribution is -2.55. The van der Waals surface area contributed by atoms with Gasteiger partial charge in [-0.05, 0) is 37.8 Å². The molecule has 5 nitrogen and oxygen atoms in total. The van der Waals surface area contributed by atoms with Crippen LogP contribution in [0.2, 0.25) is 0 Å². The molecule has 1 aliphatic carbocycles. The molecule has 24 heavy (non-hydrogen) atoms. The highest BCUT2D eigenvalue weighted by atomic mass is 19.4. The molecule has 2 aliphatic rings. The molecule has 1 N–H and O–H groups in total. The zero-order chi connectivity index (χ0) is 17.2. The van der Waals surface area contributed by atoms with E-state index in [2.05, 4.69) is 15.5 Å². The van der Waals surface area contributed by atoms with Crippen LogP contribution in [-0.2, 0) is 4.79 Å². The minimum Gasteiger partial charge on any atom is -0.353 e. The molecule has 1 atom stereocenters. The van der Waals surface area contributed by atoms with Crippen LogP contribution in [0, 0.1) is 5.41 Å². The van der Waals surface area contributed by atoms with E-state index < -0.39 is 17.5 Å². The molecule has 0 aromatic carbocycles. The van der Waals surface area contributed by atoms with E-state index in [-0.39, 0.29) is 18.9 Å². The van der Waals surface area contributed by atoms with Gasteiger partial charge >= 0.3 is 6.18 Å². The van der Waals surface area contributed by atoms with E-state index in [9.17, 15) is 18.0 Å². The second-order valence-corrected chi connectivity index (χ2v) is 6.63. The van der Waals surface area contributed by atoms with Crippen LogP contribution >= 0.6 is 0 Å². The number of carbonyl (C=O) groups is 1. The Hall–Kier alpha value is -1.86. The molecule has 1 amide bonds. The molecule has 0 radical (unpaired) electrons. The number of aromatic nitrogens is 2. The minimum absolute atomic E-state index is 0.108. The Morgan fingerprint density at radius 3 is 2.67 bits per heavy atom. The van der Waals surface area contributed by atoms with Crippen molar-refractivity contribution in [3.63, 3.8) is 0 Å². The third-order valence-electron chi connectivity index (χ3n) is 5.07. The van der Waals surface area contributed by atoms with Crippen LogP contribution in [0.1, 0.15) is 38.5 Å². The van der Waals surface area contributed by atoms with Gasteiger partial charge in [0.25, 0.3) is 0 Å². The second kappa shape index (κ2) is 6.57. The maximum Gasteiger partial charge on any atom is 0.403 e. The Balaban J connectivity index is 1.68. The number of nitrogens with zero attached hydrogens (tertiary/aromatic N) is 3. The third kappa shape index (κ3) is 3.18. The molecular weight excluding hydrogens is 321 g/mol. The summed E-state index contributed by atoms with van der Waals surface area (Å²) in [7, 11) is 0. The predicted molar refractivity (Wildman–Crippen MR) is 82.4 cm³/mol. The van der Waals surface area contributed by atoms with E-state index in [1.807, 2.05) is 11.0 Å². The number of hydrogen-bond acceptors (Lipinski definition) is 4. The SMILES string of the molecule is O=C(NC1CCCN(c2cccnn2)C1)C1(C(F)(F)F)CCCC1. The Morgan fingerprint density at radius 1 is 1.29 bits per heavy atom.